The Labute approximate surface area is 85.4 Å². The third-order valence-corrected chi connectivity index (χ3v) is 2.11. The lowest BCUT2D eigenvalue weighted by atomic mass is 10.1. The molecule has 0 aliphatic carbocycles. The second-order valence-corrected chi connectivity index (χ2v) is 3.55. The fourth-order valence-electron chi connectivity index (χ4n) is 1.27. The van der Waals surface area contributed by atoms with Crippen molar-refractivity contribution in [1.82, 2.24) is 5.06 Å². The third kappa shape index (κ3) is 3.73. The van der Waals surface area contributed by atoms with Crippen LogP contribution >= 0.6 is 0 Å². The van der Waals surface area contributed by atoms with Gasteiger partial charge in [-0.2, -0.15) is 5.06 Å². The molecule has 2 nitrogen and oxygen atoms in total. The molecule has 0 heterocycles. The molecular weight excluding hydrogens is 174 g/mol. The fourth-order valence-corrected chi connectivity index (χ4v) is 1.27. The van der Waals surface area contributed by atoms with Crippen molar-refractivity contribution >= 4 is 0 Å². The number of rotatable bonds is 5. The monoisotopic (exact) mass is 191 g/mol. The topological polar surface area (TPSA) is 23.5 Å². The molecule has 1 aromatic rings. The van der Waals surface area contributed by atoms with E-state index in [0.717, 1.165) is 5.56 Å². The lowest BCUT2D eigenvalue weighted by Crippen LogP contribution is -2.23. The van der Waals surface area contributed by atoms with Gasteiger partial charge in [-0.05, 0) is 11.5 Å². The van der Waals surface area contributed by atoms with E-state index >= 15 is 0 Å². The van der Waals surface area contributed by atoms with E-state index in [9.17, 15) is 5.21 Å². The molecule has 1 N–H and O–H groups in total. The van der Waals surface area contributed by atoms with Gasteiger partial charge in [0.1, 0.15) is 0 Å². The Balaban J connectivity index is 2.41. The number of hydroxylamine groups is 2. The third-order valence-electron chi connectivity index (χ3n) is 2.11. The van der Waals surface area contributed by atoms with E-state index in [-0.39, 0.29) is 0 Å². The lowest BCUT2D eigenvalue weighted by molar-refractivity contribution is -0.105. The average Bonchev–Trinajstić information content (AvgIpc) is 2.19. The SMILES string of the molecule is C=CC(C)CN(O)Cc1ccccc1. The molecule has 0 aliphatic heterocycles. The average molecular weight is 191 g/mol. The molecule has 0 radical (unpaired) electrons. The quantitative estimate of drug-likeness (QED) is 0.571. The molecule has 0 amide bonds. The summed E-state index contributed by atoms with van der Waals surface area (Å²) < 4.78 is 0. The zero-order chi connectivity index (χ0) is 10.4. The first-order valence-corrected chi connectivity index (χ1v) is 4.82. The molecule has 0 aliphatic rings. The Hall–Kier alpha value is -1.12. The van der Waals surface area contributed by atoms with E-state index in [1.165, 1.54) is 5.06 Å². The number of hydrogen-bond acceptors (Lipinski definition) is 2. The van der Waals surface area contributed by atoms with Gasteiger partial charge < -0.3 is 5.21 Å². The number of hydrogen-bond donors (Lipinski definition) is 1. The molecule has 0 saturated heterocycles. The summed E-state index contributed by atoms with van der Waals surface area (Å²) in [4.78, 5) is 0. The summed E-state index contributed by atoms with van der Waals surface area (Å²) in [7, 11) is 0. The molecular formula is C12H17NO. The van der Waals surface area contributed by atoms with E-state index in [2.05, 4.69) is 6.58 Å². The predicted octanol–water partition coefficient (Wildman–Crippen LogP) is 2.70. The van der Waals surface area contributed by atoms with Gasteiger partial charge in [0.25, 0.3) is 0 Å². The molecule has 0 aromatic heterocycles. The highest BCUT2D eigenvalue weighted by atomic mass is 16.5. The first-order chi connectivity index (χ1) is 6.72. The summed E-state index contributed by atoms with van der Waals surface area (Å²) >= 11 is 0. The van der Waals surface area contributed by atoms with Crippen LogP contribution in [0.1, 0.15) is 12.5 Å². The molecule has 0 saturated carbocycles. The van der Waals surface area contributed by atoms with E-state index in [0.29, 0.717) is 19.0 Å². The van der Waals surface area contributed by atoms with Gasteiger partial charge in [-0.25, -0.2) is 0 Å². The second-order valence-electron chi connectivity index (χ2n) is 3.55. The van der Waals surface area contributed by atoms with Crippen molar-refractivity contribution in [2.45, 2.75) is 13.5 Å². The molecule has 1 atom stereocenters. The van der Waals surface area contributed by atoms with Crippen molar-refractivity contribution in [3.8, 4) is 0 Å². The molecule has 0 spiro atoms. The zero-order valence-electron chi connectivity index (χ0n) is 8.56. The minimum absolute atomic E-state index is 0.309. The van der Waals surface area contributed by atoms with Crippen LogP contribution in [0.2, 0.25) is 0 Å². The molecule has 76 valence electrons. The Morgan fingerprint density at radius 1 is 1.43 bits per heavy atom. The predicted molar refractivity (Wildman–Crippen MR) is 58.0 cm³/mol. The molecule has 14 heavy (non-hydrogen) atoms. The van der Waals surface area contributed by atoms with Crippen LogP contribution in [0, 0.1) is 5.92 Å². The summed E-state index contributed by atoms with van der Waals surface area (Å²) in [5.74, 6) is 0.309. The maximum absolute atomic E-state index is 9.59. The zero-order valence-corrected chi connectivity index (χ0v) is 8.56. The molecule has 0 fully saturated rings. The van der Waals surface area contributed by atoms with Gasteiger partial charge in [0.15, 0.2) is 0 Å². The van der Waals surface area contributed by atoms with Gasteiger partial charge in [-0.1, -0.05) is 43.3 Å². The highest BCUT2D eigenvalue weighted by Crippen LogP contribution is 2.05. The highest BCUT2D eigenvalue weighted by Gasteiger charge is 2.04. The van der Waals surface area contributed by atoms with Crippen molar-refractivity contribution in [3.05, 3.63) is 48.6 Å². The first kappa shape index (κ1) is 11.0. The second kappa shape index (κ2) is 5.58. The summed E-state index contributed by atoms with van der Waals surface area (Å²) in [6.07, 6.45) is 1.84. The standard InChI is InChI=1S/C12H17NO/c1-3-11(2)9-13(14)10-12-7-5-4-6-8-12/h3-8,11,14H,1,9-10H2,2H3. The Morgan fingerprint density at radius 3 is 2.64 bits per heavy atom. The summed E-state index contributed by atoms with van der Waals surface area (Å²) in [5, 5.41) is 10.9. The Bertz CT molecular complexity index is 271. The summed E-state index contributed by atoms with van der Waals surface area (Å²) in [6, 6.07) is 9.92. The Morgan fingerprint density at radius 2 is 2.07 bits per heavy atom. The molecule has 1 rings (SSSR count). The molecule has 2 heteroatoms. The highest BCUT2D eigenvalue weighted by molar-refractivity contribution is 5.14. The van der Waals surface area contributed by atoms with Crippen molar-refractivity contribution in [3.63, 3.8) is 0 Å². The summed E-state index contributed by atoms with van der Waals surface area (Å²) in [6.45, 7) is 6.90. The van der Waals surface area contributed by atoms with Gasteiger partial charge in [-0.15, -0.1) is 6.58 Å². The maximum Gasteiger partial charge on any atom is 0.0488 e. The van der Waals surface area contributed by atoms with Crippen molar-refractivity contribution in [2.75, 3.05) is 6.54 Å². The lowest BCUT2D eigenvalue weighted by Gasteiger charge is -2.17. The molecule has 1 aromatic carbocycles. The van der Waals surface area contributed by atoms with Crippen LogP contribution in [0.4, 0.5) is 0 Å². The van der Waals surface area contributed by atoms with E-state index in [4.69, 9.17) is 0 Å². The fraction of sp³-hybridized carbons (Fsp3) is 0.333. The van der Waals surface area contributed by atoms with Gasteiger partial charge in [0.2, 0.25) is 0 Å². The first-order valence-electron chi connectivity index (χ1n) is 4.82. The number of benzene rings is 1. The van der Waals surface area contributed by atoms with Crippen LogP contribution in [0.5, 0.6) is 0 Å². The van der Waals surface area contributed by atoms with Crippen molar-refractivity contribution in [1.29, 1.82) is 0 Å². The van der Waals surface area contributed by atoms with Crippen LogP contribution in [-0.2, 0) is 6.54 Å². The van der Waals surface area contributed by atoms with E-state index in [1.807, 2.05) is 43.3 Å². The molecule has 0 bridgehead atoms. The summed E-state index contributed by atoms with van der Waals surface area (Å²) in [5.41, 5.74) is 1.12. The van der Waals surface area contributed by atoms with Crippen molar-refractivity contribution < 1.29 is 5.21 Å². The van der Waals surface area contributed by atoms with E-state index in [1.54, 1.807) is 0 Å². The van der Waals surface area contributed by atoms with Crippen LogP contribution in [0.25, 0.3) is 0 Å². The van der Waals surface area contributed by atoms with Crippen LogP contribution in [-0.4, -0.2) is 16.8 Å². The maximum atomic E-state index is 9.59. The van der Waals surface area contributed by atoms with Gasteiger partial charge in [-0.3, -0.25) is 0 Å². The van der Waals surface area contributed by atoms with Gasteiger partial charge in [0.05, 0.1) is 0 Å². The van der Waals surface area contributed by atoms with Crippen LogP contribution < -0.4 is 0 Å². The largest absolute Gasteiger partial charge is 0.314 e. The minimum Gasteiger partial charge on any atom is -0.314 e. The minimum atomic E-state index is 0.309. The van der Waals surface area contributed by atoms with E-state index < -0.39 is 0 Å². The molecule has 1 unspecified atom stereocenters. The normalized spacial score (nSPS) is 12.8. The smallest absolute Gasteiger partial charge is 0.0488 e. The van der Waals surface area contributed by atoms with Crippen LogP contribution in [0.15, 0.2) is 43.0 Å². The van der Waals surface area contributed by atoms with Crippen LogP contribution in [0.3, 0.4) is 0 Å². The number of nitrogens with zero attached hydrogens (tertiary/aromatic N) is 1. The van der Waals surface area contributed by atoms with Gasteiger partial charge in [0, 0.05) is 13.1 Å². The van der Waals surface area contributed by atoms with Crippen molar-refractivity contribution in [2.24, 2.45) is 5.92 Å². The Kier molecular flexibility index (Phi) is 4.36. The van der Waals surface area contributed by atoms with Gasteiger partial charge >= 0.3 is 0 Å².